The smallest absolute Gasteiger partial charge is 0.338 e. The standard InChI is InChI=1S/C19H22N2O3/c1-2-24-19(23)15-3-5-17-14(11-15)8-10-21(17)9-7-13-4-6-18(22)16(13)12-20/h3,5,11,13,16H,2,4,6-10H2,1H3. The Balaban J connectivity index is 1.64. The van der Waals surface area contributed by atoms with Crippen molar-refractivity contribution in [3.05, 3.63) is 29.3 Å². The van der Waals surface area contributed by atoms with Crippen LogP contribution >= 0.6 is 0 Å². The zero-order valence-corrected chi connectivity index (χ0v) is 14.0. The summed E-state index contributed by atoms with van der Waals surface area (Å²) < 4.78 is 5.05. The van der Waals surface area contributed by atoms with E-state index in [1.54, 1.807) is 6.92 Å². The average Bonchev–Trinajstić information content (AvgIpc) is 3.15. The van der Waals surface area contributed by atoms with E-state index in [0.29, 0.717) is 18.6 Å². The van der Waals surface area contributed by atoms with Crippen molar-refractivity contribution < 1.29 is 14.3 Å². The molecule has 1 heterocycles. The van der Waals surface area contributed by atoms with Crippen LogP contribution < -0.4 is 4.90 Å². The normalized spacial score (nSPS) is 22.3. The topological polar surface area (TPSA) is 70.4 Å². The van der Waals surface area contributed by atoms with Gasteiger partial charge in [0, 0.05) is 25.2 Å². The fourth-order valence-corrected chi connectivity index (χ4v) is 3.77. The molecular formula is C19H22N2O3. The summed E-state index contributed by atoms with van der Waals surface area (Å²) in [6, 6.07) is 7.89. The van der Waals surface area contributed by atoms with Crippen LogP contribution in [0.5, 0.6) is 0 Å². The number of nitriles is 1. The molecule has 1 saturated carbocycles. The zero-order valence-electron chi connectivity index (χ0n) is 14.0. The molecular weight excluding hydrogens is 304 g/mol. The molecule has 5 nitrogen and oxygen atoms in total. The predicted octanol–water partition coefficient (Wildman–Crippen LogP) is 2.73. The predicted molar refractivity (Wildman–Crippen MR) is 89.8 cm³/mol. The second-order valence-corrected chi connectivity index (χ2v) is 6.46. The van der Waals surface area contributed by atoms with Gasteiger partial charge >= 0.3 is 5.97 Å². The average molecular weight is 326 g/mol. The van der Waals surface area contributed by atoms with Crippen LogP contribution in [0, 0.1) is 23.2 Å². The van der Waals surface area contributed by atoms with E-state index in [1.807, 2.05) is 18.2 Å². The third kappa shape index (κ3) is 3.14. The number of carbonyl (C=O) groups is 2. The SMILES string of the molecule is CCOC(=O)c1ccc2c(c1)CCN2CCC1CCC(=O)C1C#N. The second kappa shape index (κ2) is 7.04. The van der Waals surface area contributed by atoms with Gasteiger partial charge in [-0.1, -0.05) is 0 Å². The van der Waals surface area contributed by atoms with Crippen molar-refractivity contribution in [2.45, 2.75) is 32.6 Å². The van der Waals surface area contributed by atoms with Gasteiger partial charge in [-0.15, -0.1) is 0 Å². The number of hydrogen-bond donors (Lipinski definition) is 0. The Kier molecular flexibility index (Phi) is 4.84. The fourth-order valence-electron chi connectivity index (χ4n) is 3.77. The minimum Gasteiger partial charge on any atom is -0.462 e. The molecule has 1 aliphatic heterocycles. The number of fused-ring (bicyclic) bond motifs is 1. The Morgan fingerprint density at radius 3 is 3.00 bits per heavy atom. The molecule has 0 N–H and O–H groups in total. The zero-order chi connectivity index (χ0) is 17.1. The van der Waals surface area contributed by atoms with Crippen LogP contribution in [0.15, 0.2) is 18.2 Å². The van der Waals surface area contributed by atoms with Gasteiger partial charge in [0.15, 0.2) is 0 Å². The molecule has 1 aromatic rings. The van der Waals surface area contributed by atoms with Gasteiger partial charge in [-0.25, -0.2) is 4.79 Å². The lowest BCUT2D eigenvalue weighted by atomic mass is 9.93. The first-order valence-corrected chi connectivity index (χ1v) is 8.61. The number of esters is 1. The van der Waals surface area contributed by atoms with Crippen molar-refractivity contribution in [3.8, 4) is 6.07 Å². The lowest BCUT2D eigenvalue weighted by Gasteiger charge is -2.22. The van der Waals surface area contributed by atoms with Crippen molar-refractivity contribution in [1.82, 2.24) is 0 Å². The molecule has 1 aromatic carbocycles. The Hall–Kier alpha value is -2.35. The van der Waals surface area contributed by atoms with Crippen LogP contribution in [0.4, 0.5) is 5.69 Å². The van der Waals surface area contributed by atoms with Gasteiger partial charge in [0.2, 0.25) is 0 Å². The van der Waals surface area contributed by atoms with Gasteiger partial charge in [0.05, 0.1) is 18.2 Å². The van der Waals surface area contributed by atoms with Crippen molar-refractivity contribution >= 4 is 17.4 Å². The number of hydrogen-bond acceptors (Lipinski definition) is 5. The van der Waals surface area contributed by atoms with Crippen molar-refractivity contribution in [2.24, 2.45) is 11.8 Å². The van der Waals surface area contributed by atoms with E-state index in [4.69, 9.17) is 10.00 Å². The third-order valence-corrected chi connectivity index (χ3v) is 5.07. The highest BCUT2D eigenvalue weighted by atomic mass is 16.5. The molecule has 0 aromatic heterocycles. The maximum atomic E-state index is 11.8. The molecule has 0 radical (unpaired) electrons. The summed E-state index contributed by atoms with van der Waals surface area (Å²) in [4.78, 5) is 25.8. The Labute approximate surface area is 142 Å². The highest BCUT2D eigenvalue weighted by Crippen LogP contribution is 2.34. The second-order valence-electron chi connectivity index (χ2n) is 6.46. The summed E-state index contributed by atoms with van der Waals surface area (Å²) >= 11 is 0. The molecule has 1 aliphatic carbocycles. The van der Waals surface area contributed by atoms with Gasteiger partial charge in [0.25, 0.3) is 0 Å². The van der Waals surface area contributed by atoms with Crippen LogP contribution in [0.25, 0.3) is 0 Å². The number of anilines is 1. The Morgan fingerprint density at radius 1 is 1.42 bits per heavy atom. The number of ketones is 1. The molecule has 0 spiro atoms. The van der Waals surface area contributed by atoms with Gasteiger partial charge in [0.1, 0.15) is 11.7 Å². The molecule has 2 unspecified atom stereocenters. The molecule has 2 atom stereocenters. The van der Waals surface area contributed by atoms with Gasteiger partial charge in [-0.3, -0.25) is 4.79 Å². The molecule has 24 heavy (non-hydrogen) atoms. The van der Waals surface area contributed by atoms with E-state index in [0.717, 1.165) is 38.0 Å². The summed E-state index contributed by atoms with van der Waals surface area (Å²) in [6.07, 6.45) is 3.15. The number of ether oxygens (including phenoxy) is 1. The van der Waals surface area contributed by atoms with Crippen molar-refractivity contribution in [1.29, 1.82) is 5.26 Å². The monoisotopic (exact) mass is 326 g/mol. The van der Waals surface area contributed by atoms with Crippen LogP contribution in [0.1, 0.15) is 42.1 Å². The highest BCUT2D eigenvalue weighted by Gasteiger charge is 2.35. The number of Topliss-reactive ketones (excluding diaryl/α,β-unsaturated/α-hetero) is 1. The number of rotatable bonds is 5. The molecule has 0 amide bonds. The van der Waals surface area contributed by atoms with Gasteiger partial charge in [-0.05, 0) is 55.9 Å². The lowest BCUT2D eigenvalue weighted by molar-refractivity contribution is -0.119. The molecule has 1 fully saturated rings. The number of benzene rings is 1. The van der Waals surface area contributed by atoms with Crippen molar-refractivity contribution in [3.63, 3.8) is 0 Å². The summed E-state index contributed by atoms with van der Waals surface area (Å²) in [5.41, 5.74) is 2.92. The summed E-state index contributed by atoms with van der Waals surface area (Å²) in [5.74, 6) is -0.410. The quantitative estimate of drug-likeness (QED) is 0.778. The third-order valence-electron chi connectivity index (χ3n) is 5.07. The van der Waals surface area contributed by atoms with E-state index >= 15 is 0 Å². The van der Waals surface area contributed by atoms with Crippen molar-refractivity contribution in [2.75, 3.05) is 24.6 Å². The van der Waals surface area contributed by atoms with E-state index in [-0.39, 0.29) is 17.7 Å². The molecule has 0 saturated heterocycles. The molecule has 2 aliphatic rings. The van der Waals surface area contributed by atoms with E-state index in [1.165, 1.54) is 5.56 Å². The summed E-state index contributed by atoms with van der Waals surface area (Å²) in [5, 5.41) is 9.15. The first kappa shape index (κ1) is 16.5. The maximum Gasteiger partial charge on any atom is 0.338 e. The first-order chi connectivity index (χ1) is 11.6. The van der Waals surface area contributed by atoms with E-state index < -0.39 is 5.92 Å². The lowest BCUT2D eigenvalue weighted by Crippen LogP contribution is -2.25. The Bertz CT molecular complexity index is 692. The van der Waals surface area contributed by atoms with Crippen LogP contribution in [-0.2, 0) is 16.0 Å². The van der Waals surface area contributed by atoms with Crippen LogP contribution in [0.3, 0.4) is 0 Å². The molecule has 0 bridgehead atoms. The maximum absolute atomic E-state index is 11.8. The minimum absolute atomic E-state index is 0.100. The number of nitrogens with zero attached hydrogens (tertiary/aromatic N) is 2. The molecule has 3 rings (SSSR count). The number of carbonyl (C=O) groups excluding carboxylic acids is 2. The van der Waals surface area contributed by atoms with E-state index in [9.17, 15) is 9.59 Å². The minimum atomic E-state index is -0.418. The van der Waals surface area contributed by atoms with Crippen LogP contribution in [0.2, 0.25) is 0 Å². The fraction of sp³-hybridized carbons (Fsp3) is 0.526. The molecule has 126 valence electrons. The van der Waals surface area contributed by atoms with Gasteiger partial charge in [-0.2, -0.15) is 5.26 Å². The Morgan fingerprint density at radius 2 is 2.25 bits per heavy atom. The first-order valence-electron chi connectivity index (χ1n) is 8.61. The largest absolute Gasteiger partial charge is 0.462 e. The highest BCUT2D eigenvalue weighted by molar-refractivity contribution is 5.90. The van der Waals surface area contributed by atoms with E-state index in [2.05, 4.69) is 11.0 Å². The summed E-state index contributed by atoms with van der Waals surface area (Å²) in [6.45, 7) is 3.94. The summed E-state index contributed by atoms with van der Waals surface area (Å²) in [7, 11) is 0. The molecule has 5 heteroatoms. The van der Waals surface area contributed by atoms with Crippen LogP contribution in [-0.4, -0.2) is 31.4 Å². The van der Waals surface area contributed by atoms with Gasteiger partial charge < -0.3 is 9.64 Å².